The van der Waals surface area contributed by atoms with Crippen molar-refractivity contribution in [2.24, 2.45) is 0 Å². The first-order chi connectivity index (χ1) is 20.3. The molecule has 0 saturated carbocycles. The normalized spacial score (nSPS) is 15.7. The number of nitrogens with one attached hydrogen (secondary N) is 1. The minimum atomic E-state index is -3.48. The van der Waals surface area contributed by atoms with E-state index in [0.29, 0.717) is 22.7 Å². The monoisotopic (exact) mass is 603 g/mol. The smallest absolute Gasteiger partial charge is 0.339 e. The van der Waals surface area contributed by atoms with Crippen molar-refractivity contribution in [3.63, 3.8) is 0 Å². The molecule has 228 valence electrons. The lowest BCUT2D eigenvalue weighted by Crippen LogP contribution is -2.27. The summed E-state index contributed by atoms with van der Waals surface area (Å²) in [5, 5.41) is 2.67. The summed E-state index contributed by atoms with van der Waals surface area (Å²) < 4.78 is 32.4. The predicted octanol–water partition coefficient (Wildman–Crippen LogP) is 8.78. The van der Waals surface area contributed by atoms with Crippen molar-refractivity contribution in [2.45, 2.75) is 84.9 Å². The van der Waals surface area contributed by atoms with Crippen molar-refractivity contribution in [2.75, 3.05) is 6.79 Å². The number of aryl methyl sites for hydroxylation is 1. The topological polar surface area (TPSA) is 94.9 Å². The largest absolute Gasteiger partial charge is 0.467 e. The molecule has 4 aromatic rings. The summed E-state index contributed by atoms with van der Waals surface area (Å²) in [6, 6.07) is 17.3. The Bertz CT molecular complexity index is 1740. The van der Waals surface area contributed by atoms with Gasteiger partial charge in [0.2, 0.25) is 0 Å². The van der Waals surface area contributed by atoms with Crippen LogP contribution in [0.2, 0.25) is 0 Å². The first kappa shape index (κ1) is 31.0. The molecule has 0 fully saturated rings. The number of H-pyrrole nitrogens is 1. The number of aromatic nitrogens is 3. The fourth-order valence-corrected chi connectivity index (χ4v) is 6.92. The molecule has 8 nitrogen and oxygen atoms in total. The van der Waals surface area contributed by atoms with Crippen molar-refractivity contribution in [1.82, 2.24) is 14.6 Å². The number of allylic oxidation sites excluding steroid dienone is 2. The van der Waals surface area contributed by atoms with Gasteiger partial charge >= 0.3 is 7.60 Å². The van der Waals surface area contributed by atoms with Gasteiger partial charge in [-0.1, -0.05) is 48.5 Å². The SMILES string of the molecule is Cc1nc2c(C3=CCCCC3)c(-c3ccccc3)[nH]n2c(=O)c1-c1ccc(OCOP(=O)(OC(C)(C)C)C(C)(C)C)cc1. The summed E-state index contributed by atoms with van der Waals surface area (Å²) in [4.78, 5) is 19.0. The summed E-state index contributed by atoms with van der Waals surface area (Å²) in [5.41, 5.74) is 5.90. The zero-order valence-corrected chi connectivity index (χ0v) is 27.1. The highest BCUT2D eigenvalue weighted by Gasteiger charge is 2.43. The maximum Gasteiger partial charge on any atom is 0.339 e. The minimum Gasteiger partial charge on any atom is -0.467 e. The van der Waals surface area contributed by atoms with E-state index in [-0.39, 0.29) is 12.4 Å². The maximum atomic E-state index is 14.0. The average Bonchev–Trinajstić information content (AvgIpc) is 3.33. The van der Waals surface area contributed by atoms with Crippen LogP contribution in [0.15, 0.2) is 65.5 Å². The van der Waals surface area contributed by atoms with Crippen LogP contribution in [-0.4, -0.2) is 32.1 Å². The molecule has 0 saturated heterocycles. The third-order valence-electron chi connectivity index (χ3n) is 7.44. The van der Waals surface area contributed by atoms with E-state index in [1.54, 1.807) is 16.6 Å². The van der Waals surface area contributed by atoms with E-state index in [9.17, 15) is 9.36 Å². The molecule has 1 unspecified atom stereocenters. The van der Waals surface area contributed by atoms with Gasteiger partial charge in [0.05, 0.1) is 27.7 Å². The van der Waals surface area contributed by atoms with Gasteiger partial charge in [-0.05, 0) is 97.4 Å². The zero-order valence-electron chi connectivity index (χ0n) is 26.2. The Morgan fingerprint density at radius 1 is 0.930 bits per heavy atom. The second-order valence-electron chi connectivity index (χ2n) is 13.0. The maximum absolute atomic E-state index is 14.0. The fourth-order valence-electron chi connectivity index (χ4n) is 5.29. The van der Waals surface area contributed by atoms with Crippen molar-refractivity contribution in [1.29, 1.82) is 0 Å². The molecule has 1 atom stereocenters. The molecular formula is C34H42N3O5P. The van der Waals surface area contributed by atoms with Crippen LogP contribution in [0, 0.1) is 6.92 Å². The van der Waals surface area contributed by atoms with Gasteiger partial charge in [0.15, 0.2) is 12.4 Å². The molecule has 2 aromatic carbocycles. The Balaban J connectivity index is 1.45. The van der Waals surface area contributed by atoms with E-state index in [4.69, 9.17) is 18.8 Å². The van der Waals surface area contributed by atoms with Crippen LogP contribution in [0.1, 0.15) is 78.5 Å². The van der Waals surface area contributed by atoms with Gasteiger partial charge in [-0.3, -0.25) is 19.0 Å². The molecule has 2 aromatic heterocycles. The average molecular weight is 604 g/mol. The van der Waals surface area contributed by atoms with Crippen LogP contribution >= 0.6 is 7.60 Å². The molecule has 9 heteroatoms. The summed E-state index contributed by atoms with van der Waals surface area (Å²) >= 11 is 0. The lowest BCUT2D eigenvalue weighted by molar-refractivity contribution is 0.0467. The molecule has 1 aliphatic carbocycles. The van der Waals surface area contributed by atoms with Crippen molar-refractivity contribution in [3.8, 4) is 28.1 Å². The number of hydrogen-bond acceptors (Lipinski definition) is 6. The van der Waals surface area contributed by atoms with Crippen LogP contribution in [0.4, 0.5) is 0 Å². The molecule has 0 aliphatic heterocycles. The van der Waals surface area contributed by atoms with Gasteiger partial charge in [-0.25, -0.2) is 4.98 Å². The molecule has 0 amide bonds. The van der Waals surface area contributed by atoms with Crippen molar-refractivity contribution >= 4 is 18.8 Å². The Labute approximate surface area is 253 Å². The standard InChI is InChI=1S/C34H42N3O5P/c1-23-28(25-18-20-27(21-19-25)40-22-41-43(39,34(5,6)7)42-33(2,3)4)32(38)37-31(35-23)29(24-14-10-8-11-15-24)30(36-37)26-16-12-9-13-17-26/h9,12-14,16-21,36H,8,10-11,15,22H2,1-7H3. The number of ether oxygens (including phenoxy) is 1. The Kier molecular flexibility index (Phi) is 8.59. The van der Waals surface area contributed by atoms with E-state index in [2.05, 4.69) is 23.3 Å². The lowest BCUT2D eigenvalue weighted by atomic mass is 9.92. The minimum absolute atomic E-state index is 0.162. The third kappa shape index (κ3) is 6.57. The second-order valence-corrected chi connectivity index (χ2v) is 15.8. The van der Waals surface area contributed by atoms with Gasteiger partial charge < -0.3 is 9.26 Å². The quantitative estimate of drug-likeness (QED) is 0.160. The Morgan fingerprint density at radius 3 is 2.23 bits per heavy atom. The summed E-state index contributed by atoms with van der Waals surface area (Å²) in [5.74, 6) is 0.518. The Morgan fingerprint density at radius 2 is 1.63 bits per heavy atom. The van der Waals surface area contributed by atoms with E-state index in [0.717, 1.165) is 41.6 Å². The van der Waals surface area contributed by atoms with Gasteiger partial charge in [-0.2, -0.15) is 4.52 Å². The van der Waals surface area contributed by atoms with Gasteiger partial charge in [0.1, 0.15) is 5.75 Å². The van der Waals surface area contributed by atoms with Crippen LogP contribution in [-0.2, 0) is 13.6 Å². The molecule has 2 heterocycles. The second kappa shape index (κ2) is 11.9. The summed E-state index contributed by atoms with van der Waals surface area (Å²) in [6.45, 7) is 12.6. The molecule has 5 rings (SSSR count). The zero-order chi connectivity index (χ0) is 31.0. The van der Waals surface area contributed by atoms with Crippen molar-refractivity contribution < 1.29 is 18.3 Å². The highest BCUT2D eigenvalue weighted by molar-refractivity contribution is 7.55. The molecular weight excluding hydrogens is 561 g/mol. The van der Waals surface area contributed by atoms with Crippen LogP contribution in [0.5, 0.6) is 5.75 Å². The van der Waals surface area contributed by atoms with Gasteiger partial charge in [0, 0.05) is 11.1 Å². The molecule has 1 N–H and O–H groups in total. The van der Waals surface area contributed by atoms with E-state index in [1.807, 2.05) is 78.8 Å². The number of aromatic amines is 1. The first-order valence-electron chi connectivity index (χ1n) is 14.9. The summed E-state index contributed by atoms with van der Waals surface area (Å²) in [6.07, 6.45) is 6.57. The number of benzene rings is 2. The summed E-state index contributed by atoms with van der Waals surface area (Å²) in [7, 11) is -3.48. The molecule has 1 aliphatic rings. The van der Waals surface area contributed by atoms with E-state index >= 15 is 0 Å². The van der Waals surface area contributed by atoms with Crippen LogP contribution in [0.3, 0.4) is 0 Å². The van der Waals surface area contributed by atoms with Crippen LogP contribution in [0.25, 0.3) is 33.6 Å². The fraction of sp³-hybridized carbons (Fsp3) is 0.412. The van der Waals surface area contributed by atoms with Crippen molar-refractivity contribution in [3.05, 3.63) is 82.3 Å². The molecule has 0 bridgehead atoms. The van der Waals surface area contributed by atoms with Gasteiger partial charge in [-0.15, -0.1) is 0 Å². The highest BCUT2D eigenvalue weighted by atomic mass is 31.2. The number of rotatable bonds is 8. The van der Waals surface area contributed by atoms with E-state index < -0.39 is 18.4 Å². The first-order valence-corrected chi connectivity index (χ1v) is 16.4. The van der Waals surface area contributed by atoms with E-state index in [1.165, 1.54) is 12.0 Å². The lowest BCUT2D eigenvalue weighted by Gasteiger charge is -2.34. The Hall–Kier alpha value is -3.45. The van der Waals surface area contributed by atoms with Crippen LogP contribution < -0.4 is 10.3 Å². The predicted molar refractivity (Wildman–Crippen MR) is 173 cm³/mol. The molecule has 0 radical (unpaired) electrons. The number of hydrogen-bond donors (Lipinski definition) is 1. The third-order valence-corrected chi connectivity index (χ3v) is 10.3. The molecule has 43 heavy (non-hydrogen) atoms. The number of fused-ring (bicyclic) bond motifs is 1. The molecule has 0 spiro atoms. The van der Waals surface area contributed by atoms with Gasteiger partial charge in [0.25, 0.3) is 5.56 Å². The highest BCUT2D eigenvalue weighted by Crippen LogP contribution is 2.61. The number of nitrogens with zero attached hydrogens (tertiary/aromatic N) is 2.